The van der Waals surface area contributed by atoms with Crippen LogP contribution in [0.3, 0.4) is 0 Å². The number of methoxy groups -OCH3 is 2. The largest absolute Gasteiger partial charge is 0.493 e. The van der Waals surface area contributed by atoms with E-state index in [2.05, 4.69) is 0 Å². The Hall–Kier alpha value is -2.24. The molecular weight excluding hydrogens is 250 g/mol. The van der Waals surface area contributed by atoms with Crippen LogP contribution in [-0.2, 0) is 4.74 Å². The smallest absolute Gasteiger partial charge is 0.244 e. The van der Waals surface area contributed by atoms with E-state index in [0.29, 0.717) is 17.3 Å². The molecular formula is C13H15NO5. The maximum absolute atomic E-state index is 10.7. The van der Waals surface area contributed by atoms with Crippen molar-refractivity contribution in [3.05, 3.63) is 39.1 Å². The van der Waals surface area contributed by atoms with Gasteiger partial charge in [0.05, 0.1) is 20.0 Å². The Bertz CT molecular complexity index is 538. The van der Waals surface area contributed by atoms with Crippen molar-refractivity contribution in [1.29, 1.82) is 0 Å². The van der Waals surface area contributed by atoms with Gasteiger partial charge in [-0.3, -0.25) is 10.1 Å². The fourth-order valence-electron chi connectivity index (χ4n) is 2.19. The van der Waals surface area contributed by atoms with Crippen LogP contribution >= 0.6 is 0 Å². The first kappa shape index (κ1) is 13.2. The monoisotopic (exact) mass is 265 g/mol. The van der Waals surface area contributed by atoms with E-state index >= 15 is 0 Å². The Balaban J connectivity index is 2.54. The summed E-state index contributed by atoms with van der Waals surface area (Å²) >= 11 is 0. The van der Waals surface area contributed by atoms with Crippen molar-refractivity contribution in [3.63, 3.8) is 0 Å². The summed E-state index contributed by atoms with van der Waals surface area (Å²) in [6.07, 6.45) is 1.20. The highest BCUT2D eigenvalue weighted by Gasteiger charge is 2.28. The Kier molecular flexibility index (Phi) is 3.59. The van der Waals surface area contributed by atoms with E-state index in [1.54, 1.807) is 39.4 Å². The Morgan fingerprint density at radius 3 is 2.68 bits per heavy atom. The summed E-state index contributed by atoms with van der Waals surface area (Å²) in [7, 11) is 3.09. The van der Waals surface area contributed by atoms with Crippen molar-refractivity contribution in [2.45, 2.75) is 13.0 Å². The molecule has 6 heteroatoms. The fourth-order valence-corrected chi connectivity index (χ4v) is 2.19. The summed E-state index contributed by atoms with van der Waals surface area (Å²) in [6.45, 7) is 1.47. The third-order valence-corrected chi connectivity index (χ3v) is 2.96. The molecule has 0 bridgehead atoms. The van der Waals surface area contributed by atoms with Crippen LogP contribution in [0, 0.1) is 10.1 Å². The molecule has 1 atom stereocenters. The molecule has 0 aromatic heterocycles. The predicted octanol–water partition coefficient (Wildman–Crippen LogP) is 2.41. The molecule has 0 aliphatic carbocycles. The number of fused-ring (bicyclic) bond motifs is 1. The van der Waals surface area contributed by atoms with Crippen LogP contribution in [0.25, 0.3) is 6.08 Å². The number of hydrogen-bond donors (Lipinski definition) is 0. The molecule has 1 aliphatic heterocycles. The molecule has 0 saturated carbocycles. The summed E-state index contributed by atoms with van der Waals surface area (Å²) < 4.78 is 16.1. The minimum atomic E-state index is -0.602. The lowest BCUT2D eigenvalue weighted by Gasteiger charge is -2.25. The van der Waals surface area contributed by atoms with Gasteiger partial charge in [-0.05, 0) is 19.1 Å². The molecule has 0 saturated heterocycles. The van der Waals surface area contributed by atoms with E-state index < -0.39 is 6.10 Å². The van der Waals surface area contributed by atoms with Gasteiger partial charge in [-0.25, -0.2) is 0 Å². The molecule has 0 N–H and O–H groups in total. The van der Waals surface area contributed by atoms with Crippen LogP contribution < -0.4 is 9.47 Å². The maximum Gasteiger partial charge on any atom is 0.244 e. The number of ether oxygens (including phenoxy) is 3. The van der Waals surface area contributed by atoms with Gasteiger partial charge in [0.2, 0.25) is 6.54 Å². The number of allylic oxidation sites excluding steroid dienone is 1. The number of rotatable bonds is 4. The van der Waals surface area contributed by atoms with Crippen LogP contribution in [0.4, 0.5) is 0 Å². The molecule has 0 fully saturated rings. The van der Waals surface area contributed by atoms with Crippen LogP contribution in [0.1, 0.15) is 24.2 Å². The minimum Gasteiger partial charge on any atom is -0.493 e. The molecule has 1 aromatic carbocycles. The van der Waals surface area contributed by atoms with Crippen LogP contribution in [0.2, 0.25) is 0 Å². The van der Waals surface area contributed by atoms with Crippen molar-refractivity contribution < 1.29 is 19.1 Å². The van der Waals surface area contributed by atoms with Crippen LogP contribution in [-0.4, -0.2) is 25.7 Å². The Morgan fingerprint density at radius 1 is 1.37 bits per heavy atom. The van der Waals surface area contributed by atoms with E-state index in [0.717, 1.165) is 11.1 Å². The molecule has 19 heavy (non-hydrogen) atoms. The first-order valence-electron chi connectivity index (χ1n) is 5.78. The Labute approximate surface area is 110 Å². The van der Waals surface area contributed by atoms with Gasteiger partial charge < -0.3 is 14.2 Å². The van der Waals surface area contributed by atoms with E-state index in [-0.39, 0.29) is 11.5 Å². The van der Waals surface area contributed by atoms with Crippen LogP contribution in [0.5, 0.6) is 11.5 Å². The standard InChI is InChI=1S/C13H15NO5/c1-8-6-10-9(12(19-8)7-14(15)16)4-5-11(17-2)13(10)18-3/h4-6,12H,7H2,1-3H3. The SMILES string of the molecule is COc1ccc2c(c1OC)C=C(C)OC2C[N+](=O)[O-]. The van der Waals surface area contributed by atoms with Gasteiger partial charge in [-0.2, -0.15) is 0 Å². The van der Waals surface area contributed by atoms with Crippen molar-refractivity contribution >= 4 is 6.08 Å². The van der Waals surface area contributed by atoms with Crippen molar-refractivity contribution in [3.8, 4) is 11.5 Å². The lowest BCUT2D eigenvalue weighted by atomic mass is 9.97. The summed E-state index contributed by atoms with van der Waals surface area (Å²) in [5.41, 5.74) is 1.51. The highest BCUT2D eigenvalue weighted by molar-refractivity contribution is 5.68. The number of nitro groups is 1. The molecule has 1 aliphatic rings. The van der Waals surface area contributed by atoms with Gasteiger partial charge in [0, 0.05) is 16.1 Å². The number of benzene rings is 1. The van der Waals surface area contributed by atoms with E-state index in [1.807, 2.05) is 0 Å². The molecule has 0 spiro atoms. The zero-order valence-electron chi connectivity index (χ0n) is 11.0. The van der Waals surface area contributed by atoms with Gasteiger partial charge in [-0.15, -0.1) is 0 Å². The molecule has 2 rings (SSSR count). The Morgan fingerprint density at radius 2 is 2.11 bits per heavy atom. The minimum absolute atomic E-state index is 0.284. The first-order valence-corrected chi connectivity index (χ1v) is 5.78. The second-order valence-electron chi connectivity index (χ2n) is 4.18. The molecule has 102 valence electrons. The molecule has 1 unspecified atom stereocenters. The predicted molar refractivity (Wildman–Crippen MR) is 68.9 cm³/mol. The van der Waals surface area contributed by atoms with Crippen LogP contribution in [0.15, 0.2) is 17.9 Å². The second kappa shape index (κ2) is 5.17. The highest BCUT2D eigenvalue weighted by Crippen LogP contribution is 2.41. The summed E-state index contributed by atoms with van der Waals surface area (Å²) in [5.74, 6) is 1.77. The second-order valence-corrected chi connectivity index (χ2v) is 4.18. The number of hydrogen-bond acceptors (Lipinski definition) is 5. The van der Waals surface area contributed by atoms with E-state index in [1.165, 1.54) is 0 Å². The molecule has 1 aromatic rings. The van der Waals surface area contributed by atoms with Gasteiger partial charge in [0.1, 0.15) is 0 Å². The summed E-state index contributed by atoms with van der Waals surface area (Å²) in [5, 5.41) is 10.7. The first-order chi connectivity index (χ1) is 9.06. The van der Waals surface area contributed by atoms with Gasteiger partial charge in [-0.1, -0.05) is 6.07 Å². The summed E-state index contributed by atoms with van der Waals surface area (Å²) in [6, 6.07) is 3.50. The molecule has 0 radical (unpaired) electrons. The maximum atomic E-state index is 10.7. The van der Waals surface area contributed by atoms with Gasteiger partial charge >= 0.3 is 0 Å². The third kappa shape index (κ3) is 2.47. The van der Waals surface area contributed by atoms with Gasteiger partial charge in [0.25, 0.3) is 0 Å². The normalized spacial score (nSPS) is 17.0. The van der Waals surface area contributed by atoms with E-state index in [9.17, 15) is 10.1 Å². The molecule has 1 heterocycles. The average molecular weight is 265 g/mol. The molecule has 0 amide bonds. The van der Waals surface area contributed by atoms with E-state index in [4.69, 9.17) is 14.2 Å². The zero-order valence-corrected chi connectivity index (χ0v) is 11.0. The highest BCUT2D eigenvalue weighted by atomic mass is 16.6. The lowest BCUT2D eigenvalue weighted by Crippen LogP contribution is -2.19. The summed E-state index contributed by atoms with van der Waals surface area (Å²) in [4.78, 5) is 10.3. The van der Waals surface area contributed by atoms with Crippen molar-refractivity contribution in [2.75, 3.05) is 20.8 Å². The van der Waals surface area contributed by atoms with Crippen molar-refractivity contribution in [2.24, 2.45) is 0 Å². The number of nitrogens with zero attached hydrogens (tertiary/aromatic N) is 1. The quantitative estimate of drug-likeness (QED) is 0.617. The fraction of sp³-hybridized carbons (Fsp3) is 0.385. The zero-order chi connectivity index (χ0) is 14.0. The lowest BCUT2D eigenvalue weighted by molar-refractivity contribution is -0.491. The average Bonchev–Trinajstić information content (AvgIpc) is 2.36. The third-order valence-electron chi connectivity index (χ3n) is 2.96. The molecule has 6 nitrogen and oxygen atoms in total. The van der Waals surface area contributed by atoms with Gasteiger partial charge in [0.15, 0.2) is 17.6 Å². The van der Waals surface area contributed by atoms with Crippen molar-refractivity contribution in [1.82, 2.24) is 0 Å². The topological polar surface area (TPSA) is 70.8 Å².